The van der Waals surface area contributed by atoms with E-state index in [1.807, 2.05) is 54.1 Å². The molecule has 0 radical (unpaired) electrons. The molecule has 1 aromatic carbocycles. The van der Waals surface area contributed by atoms with E-state index in [4.69, 9.17) is 0 Å². The highest BCUT2D eigenvalue weighted by Gasteiger charge is 2.11. The van der Waals surface area contributed by atoms with Gasteiger partial charge in [-0.25, -0.2) is 9.97 Å². The van der Waals surface area contributed by atoms with Crippen LogP contribution in [0.4, 0.5) is 5.69 Å². The number of carbonyl (C=O) groups is 1. The predicted octanol–water partition coefficient (Wildman–Crippen LogP) is 3.33. The summed E-state index contributed by atoms with van der Waals surface area (Å²) in [6.45, 7) is 6.44. The number of aryl methyl sites for hydroxylation is 1. The minimum Gasteiger partial charge on any atom is -0.383 e. The number of nitrogens with one attached hydrogen (secondary N) is 2. The SMILES string of the molecule is Cc1nccn1-c1ncccc1CNC(=O)c1cccc(NC(C)C)c1. The molecule has 2 aromatic heterocycles. The molecule has 0 fully saturated rings. The lowest BCUT2D eigenvalue weighted by atomic mass is 10.1. The molecule has 3 aromatic rings. The second-order valence-corrected chi connectivity index (χ2v) is 6.39. The fourth-order valence-corrected chi connectivity index (χ4v) is 2.75. The van der Waals surface area contributed by atoms with Gasteiger partial charge in [0, 0.05) is 48.0 Å². The van der Waals surface area contributed by atoms with Crippen molar-refractivity contribution in [3.63, 3.8) is 0 Å². The third-order valence-electron chi connectivity index (χ3n) is 3.94. The Kier molecular flexibility index (Phi) is 5.31. The molecule has 0 bridgehead atoms. The van der Waals surface area contributed by atoms with Gasteiger partial charge in [-0.05, 0) is 45.0 Å². The van der Waals surface area contributed by atoms with Crippen LogP contribution in [0.3, 0.4) is 0 Å². The number of rotatable bonds is 6. The van der Waals surface area contributed by atoms with Crippen molar-refractivity contribution >= 4 is 11.6 Å². The molecule has 0 aliphatic heterocycles. The van der Waals surface area contributed by atoms with E-state index < -0.39 is 0 Å². The molecule has 0 saturated heterocycles. The minimum atomic E-state index is -0.116. The van der Waals surface area contributed by atoms with Gasteiger partial charge in [0.25, 0.3) is 5.91 Å². The van der Waals surface area contributed by atoms with Crippen molar-refractivity contribution in [3.05, 3.63) is 71.9 Å². The van der Waals surface area contributed by atoms with Crippen LogP contribution in [0.2, 0.25) is 0 Å². The van der Waals surface area contributed by atoms with Crippen LogP contribution in [0.1, 0.15) is 35.6 Å². The topological polar surface area (TPSA) is 71.8 Å². The van der Waals surface area contributed by atoms with Crippen LogP contribution in [0, 0.1) is 6.92 Å². The van der Waals surface area contributed by atoms with Gasteiger partial charge >= 0.3 is 0 Å². The zero-order valence-corrected chi connectivity index (χ0v) is 15.2. The molecular weight excluding hydrogens is 326 g/mol. The van der Waals surface area contributed by atoms with Crippen LogP contribution in [0.5, 0.6) is 0 Å². The van der Waals surface area contributed by atoms with Crippen molar-refractivity contribution < 1.29 is 4.79 Å². The molecule has 0 aliphatic carbocycles. The Morgan fingerprint density at radius 1 is 1.15 bits per heavy atom. The van der Waals surface area contributed by atoms with Gasteiger partial charge in [0.15, 0.2) is 0 Å². The molecule has 1 amide bonds. The van der Waals surface area contributed by atoms with Gasteiger partial charge in [-0.1, -0.05) is 12.1 Å². The molecule has 6 nitrogen and oxygen atoms in total. The van der Waals surface area contributed by atoms with Gasteiger partial charge in [0.05, 0.1) is 0 Å². The van der Waals surface area contributed by atoms with E-state index in [-0.39, 0.29) is 5.91 Å². The van der Waals surface area contributed by atoms with Crippen LogP contribution in [-0.4, -0.2) is 26.5 Å². The average Bonchev–Trinajstić information content (AvgIpc) is 3.05. The molecule has 2 heterocycles. The van der Waals surface area contributed by atoms with Gasteiger partial charge < -0.3 is 10.6 Å². The Hall–Kier alpha value is -3.15. The van der Waals surface area contributed by atoms with Crippen molar-refractivity contribution in [2.24, 2.45) is 0 Å². The second kappa shape index (κ2) is 7.82. The molecular formula is C20H23N5O. The number of benzene rings is 1. The number of nitrogens with zero attached hydrogens (tertiary/aromatic N) is 3. The van der Waals surface area contributed by atoms with Crippen LogP contribution >= 0.6 is 0 Å². The lowest BCUT2D eigenvalue weighted by molar-refractivity contribution is 0.0951. The Morgan fingerprint density at radius 3 is 2.73 bits per heavy atom. The summed E-state index contributed by atoms with van der Waals surface area (Å²) in [5.41, 5.74) is 2.49. The highest BCUT2D eigenvalue weighted by Crippen LogP contribution is 2.15. The second-order valence-electron chi connectivity index (χ2n) is 6.39. The Balaban J connectivity index is 1.74. The third kappa shape index (κ3) is 4.08. The number of amides is 1. The maximum atomic E-state index is 12.5. The molecule has 134 valence electrons. The van der Waals surface area contributed by atoms with Crippen LogP contribution in [0.15, 0.2) is 55.0 Å². The highest BCUT2D eigenvalue weighted by molar-refractivity contribution is 5.95. The van der Waals surface area contributed by atoms with Gasteiger partial charge in [-0.3, -0.25) is 9.36 Å². The quantitative estimate of drug-likeness (QED) is 0.716. The number of hydrogen-bond donors (Lipinski definition) is 2. The van der Waals surface area contributed by atoms with Crippen molar-refractivity contribution in [2.45, 2.75) is 33.4 Å². The van der Waals surface area contributed by atoms with E-state index in [1.165, 1.54) is 0 Å². The van der Waals surface area contributed by atoms with Crippen molar-refractivity contribution in [2.75, 3.05) is 5.32 Å². The average molecular weight is 349 g/mol. The summed E-state index contributed by atoms with van der Waals surface area (Å²) in [5.74, 6) is 1.51. The van der Waals surface area contributed by atoms with Gasteiger partial charge in [-0.2, -0.15) is 0 Å². The summed E-state index contributed by atoms with van der Waals surface area (Å²) in [6, 6.07) is 11.6. The lowest BCUT2D eigenvalue weighted by Crippen LogP contribution is -2.24. The monoisotopic (exact) mass is 349 g/mol. The molecule has 0 atom stereocenters. The number of imidazole rings is 1. The summed E-state index contributed by atoms with van der Waals surface area (Å²) in [7, 11) is 0. The van der Waals surface area contributed by atoms with Gasteiger partial charge in [-0.15, -0.1) is 0 Å². The van der Waals surface area contributed by atoms with E-state index in [9.17, 15) is 4.79 Å². The zero-order valence-electron chi connectivity index (χ0n) is 15.2. The molecule has 2 N–H and O–H groups in total. The van der Waals surface area contributed by atoms with E-state index >= 15 is 0 Å². The molecule has 3 rings (SSSR count). The summed E-state index contributed by atoms with van der Waals surface area (Å²) < 4.78 is 1.91. The van der Waals surface area contributed by atoms with Crippen molar-refractivity contribution in [1.82, 2.24) is 19.9 Å². The first kappa shape index (κ1) is 17.7. The summed E-state index contributed by atoms with van der Waals surface area (Å²) in [6.07, 6.45) is 5.34. The molecule has 26 heavy (non-hydrogen) atoms. The van der Waals surface area contributed by atoms with E-state index in [0.717, 1.165) is 22.9 Å². The van der Waals surface area contributed by atoms with Crippen molar-refractivity contribution in [3.8, 4) is 5.82 Å². The smallest absolute Gasteiger partial charge is 0.251 e. The number of aromatic nitrogens is 3. The number of anilines is 1. The standard InChI is InChI=1S/C20H23N5O/c1-14(2)24-18-8-4-6-16(12-18)20(26)23-13-17-7-5-9-22-19(17)25-11-10-21-15(25)3/h4-12,14,24H,13H2,1-3H3,(H,23,26). The Morgan fingerprint density at radius 2 is 2.00 bits per heavy atom. The number of pyridine rings is 1. The van der Waals surface area contributed by atoms with E-state index in [1.54, 1.807) is 12.4 Å². The molecule has 0 unspecified atom stereocenters. The van der Waals surface area contributed by atoms with Crippen LogP contribution in [-0.2, 0) is 6.54 Å². The third-order valence-corrected chi connectivity index (χ3v) is 3.94. The highest BCUT2D eigenvalue weighted by atomic mass is 16.1. The molecule has 0 spiro atoms. The zero-order chi connectivity index (χ0) is 18.5. The maximum absolute atomic E-state index is 12.5. The number of hydrogen-bond acceptors (Lipinski definition) is 4. The fraction of sp³-hybridized carbons (Fsp3) is 0.250. The summed E-state index contributed by atoms with van der Waals surface area (Å²) >= 11 is 0. The van der Waals surface area contributed by atoms with Crippen molar-refractivity contribution in [1.29, 1.82) is 0 Å². The van der Waals surface area contributed by atoms with Crippen LogP contribution < -0.4 is 10.6 Å². The largest absolute Gasteiger partial charge is 0.383 e. The predicted molar refractivity (Wildman–Crippen MR) is 102 cm³/mol. The Labute approximate surface area is 153 Å². The maximum Gasteiger partial charge on any atom is 0.251 e. The van der Waals surface area contributed by atoms with Gasteiger partial charge in [0.1, 0.15) is 11.6 Å². The first-order valence-electron chi connectivity index (χ1n) is 8.63. The molecule has 6 heteroatoms. The van der Waals surface area contributed by atoms with E-state index in [0.29, 0.717) is 18.2 Å². The summed E-state index contributed by atoms with van der Waals surface area (Å²) in [5, 5.41) is 6.28. The summed E-state index contributed by atoms with van der Waals surface area (Å²) in [4.78, 5) is 21.2. The molecule has 0 aliphatic rings. The van der Waals surface area contributed by atoms with E-state index in [2.05, 4.69) is 34.4 Å². The minimum absolute atomic E-state index is 0.116. The van der Waals surface area contributed by atoms with Gasteiger partial charge in [0.2, 0.25) is 0 Å². The lowest BCUT2D eigenvalue weighted by Gasteiger charge is -2.13. The number of carbonyl (C=O) groups excluding carboxylic acids is 1. The normalized spacial score (nSPS) is 10.8. The fourth-order valence-electron chi connectivity index (χ4n) is 2.75. The van der Waals surface area contributed by atoms with Crippen LogP contribution in [0.25, 0.3) is 5.82 Å². The first-order valence-corrected chi connectivity index (χ1v) is 8.63. The molecule has 0 saturated carbocycles. The Bertz CT molecular complexity index is 900. The first-order chi connectivity index (χ1) is 12.5.